The number of nitrogens with one attached hydrogen (secondary N) is 2. The predicted molar refractivity (Wildman–Crippen MR) is 90.1 cm³/mol. The van der Waals surface area contributed by atoms with Crippen molar-refractivity contribution in [3.63, 3.8) is 0 Å². The van der Waals surface area contributed by atoms with Crippen LogP contribution in [0.2, 0.25) is 0 Å². The molecule has 0 saturated carbocycles. The molecule has 1 amide bonds. The fourth-order valence-corrected chi connectivity index (χ4v) is 2.87. The molecule has 0 spiro atoms. The molecule has 1 unspecified atom stereocenters. The van der Waals surface area contributed by atoms with Crippen molar-refractivity contribution in [2.24, 2.45) is 5.92 Å². The average Bonchev–Trinajstić information content (AvgIpc) is 2.49. The second-order valence-electron chi connectivity index (χ2n) is 6.48. The molecule has 0 aliphatic carbocycles. The van der Waals surface area contributed by atoms with Gasteiger partial charge in [0.2, 0.25) is 5.91 Å². The molecule has 2 rings (SSSR count). The molecule has 1 fully saturated rings. The molecule has 122 valence electrons. The normalized spacial score (nSPS) is 17.3. The van der Waals surface area contributed by atoms with Crippen molar-refractivity contribution >= 4 is 11.6 Å². The number of rotatable bonds is 6. The maximum absolute atomic E-state index is 11.8. The minimum Gasteiger partial charge on any atom is -0.382 e. The molecule has 2 N–H and O–H groups in total. The Labute approximate surface area is 133 Å². The van der Waals surface area contributed by atoms with E-state index < -0.39 is 0 Å². The number of carbonyl (C=O) groups is 1. The largest absolute Gasteiger partial charge is 0.382 e. The third-order valence-corrected chi connectivity index (χ3v) is 4.14. The van der Waals surface area contributed by atoms with E-state index in [0.717, 1.165) is 37.3 Å². The standard InChI is InChI=1S/C18H28N2O2/c1-13(2)19-18(21)12-15-4-6-17(7-5-15)20-14(3)16-8-10-22-11-9-16/h4-7,13-14,16,20H,8-12H2,1-3H3,(H,19,21). The van der Waals surface area contributed by atoms with Crippen LogP contribution in [-0.4, -0.2) is 31.2 Å². The Hall–Kier alpha value is -1.55. The number of benzene rings is 1. The van der Waals surface area contributed by atoms with Crippen LogP contribution in [0.1, 0.15) is 39.2 Å². The molecule has 4 heteroatoms. The molecule has 1 aliphatic rings. The van der Waals surface area contributed by atoms with Crippen molar-refractivity contribution in [1.29, 1.82) is 0 Å². The summed E-state index contributed by atoms with van der Waals surface area (Å²) in [7, 11) is 0. The molecular formula is C18H28N2O2. The lowest BCUT2D eigenvalue weighted by Gasteiger charge is -2.29. The van der Waals surface area contributed by atoms with Crippen molar-refractivity contribution in [3.8, 4) is 0 Å². The highest BCUT2D eigenvalue weighted by atomic mass is 16.5. The minimum absolute atomic E-state index is 0.0753. The molecule has 4 nitrogen and oxygen atoms in total. The SMILES string of the molecule is CC(C)NC(=O)Cc1ccc(NC(C)C2CCOCC2)cc1. The van der Waals surface area contributed by atoms with Gasteiger partial charge in [-0.15, -0.1) is 0 Å². The third kappa shape index (κ3) is 5.34. The van der Waals surface area contributed by atoms with Gasteiger partial charge in [0.15, 0.2) is 0 Å². The molecule has 1 aromatic rings. The fraction of sp³-hybridized carbons (Fsp3) is 0.611. The van der Waals surface area contributed by atoms with Crippen LogP contribution in [0.4, 0.5) is 5.69 Å². The smallest absolute Gasteiger partial charge is 0.224 e. The van der Waals surface area contributed by atoms with Gasteiger partial charge in [-0.05, 0) is 57.2 Å². The average molecular weight is 304 g/mol. The number of carbonyl (C=O) groups excluding carboxylic acids is 1. The Morgan fingerprint density at radius 3 is 2.41 bits per heavy atom. The molecule has 1 aromatic carbocycles. The van der Waals surface area contributed by atoms with Gasteiger partial charge in [0, 0.05) is 31.0 Å². The Bertz CT molecular complexity index is 464. The van der Waals surface area contributed by atoms with Crippen LogP contribution >= 0.6 is 0 Å². The van der Waals surface area contributed by atoms with Crippen molar-refractivity contribution in [1.82, 2.24) is 5.32 Å². The van der Waals surface area contributed by atoms with Crippen LogP contribution in [0, 0.1) is 5.92 Å². The maximum Gasteiger partial charge on any atom is 0.224 e. The van der Waals surface area contributed by atoms with Crippen molar-refractivity contribution in [2.45, 2.75) is 52.1 Å². The van der Waals surface area contributed by atoms with E-state index in [2.05, 4.69) is 29.7 Å². The van der Waals surface area contributed by atoms with Gasteiger partial charge >= 0.3 is 0 Å². The van der Waals surface area contributed by atoms with E-state index in [1.54, 1.807) is 0 Å². The van der Waals surface area contributed by atoms with Crippen molar-refractivity contribution in [3.05, 3.63) is 29.8 Å². The number of hydrogen-bond donors (Lipinski definition) is 2. The van der Waals surface area contributed by atoms with Gasteiger partial charge in [0.05, 0.1) is 6.42 Å². The highest BCUT2D eigenvalue weighted by molar-refractivity contribution is 5.78. The fourth-order valence-electron chi connectivity index (χ4n) is 2.87. The topological polar surface area (TPSA) is 50.4 Å². The summed E-state index contributed by atoms with van der Waals surface area (Å²) < 4.78 is 5.41. The van der Waals surface area contributed by atoms with Crippen LogP contribution in [0.25, 0.3) is 0 Å². The summed E-state index contributed by atoms with van der Waals surface area (Å²) >= 11 is 0. The lowest BCUT2D eigenvalue weighted by Crippen LogP contribution is -2.31. The van der Waals surface area contributed by atoms with E-state index in [1.165, 1.54) is 0 Å². The van der Waals surface area contributed by atoms with Crippen LogP contribution in [-0.2, 0) is 16.0 Å². The first kappa shape index (κ1) is 16.8. The highest BCUT2D eigenvalue weighted by Crippen LogP contribution is 2.22. The zero-order chi connectivity index (χ0) is 15.9. The Morgan fingerprint density at radius 1 is 1.18 bits per heavy atom. The minimum atomic E-state index is 0.0753. The summed E-state index contributed by atoms with van der Waals surface area (Å²) in [6.45, 7) is 7.94. The number of hydrogen-bond acceptors (Lipinski definition) is 3. The summed E-state index contributed by atoms with van der Waals surface area (Å²) in [6, 6.07) is 8.81. The first-order chi connectivity index (χ1) is 10.5. The Morgan fingerprint density at radius 2 is 1.82 bits per heavy atom. The summed E-state index contributed by atoms with van der Waals surface area (Å²) in [6.07, 6.45) is 2.69. The van der Waals surface area contributed by atoms with Gasteiger partial charge in [-0.2, -0.15) is 0 Å². The van der Waals surface area contributed by atoms with Crippen LogP contribution in [0.3, 0.4) is 0 Å². The molecule has 22 heavy (non-hydrogen) atoms. The summed E-state index contributed by atoms with van der Waals surface area (Å²) in [5, 5.41) is 6.48. The summed E-state index contributed by atoms with van der Waals surface area (Å²) in [4.78, 5) is 11.8. The van der Waals surface area contributed by atoms with Crippen molar-refractivity contribution < 1.29 is 9.53 Å². The summed E-state index contributed by atoms with van der Waals surface area (Å²) in [5.41, 5.74) is 2.16. The Balaban J connectivity index is 1.84. The zero-order valence-electron chi connectivity index (χ0n) is 13.9. The highest BCUT2D eigenvalue weighted by Gasteiger charge is 2.20. The van der Waals surface area contributed by atoms with Gasteiger partial charge < -0.3 is 15.4 Å². The lowest BCUT2D eigenvalue weighted by atomic mass is 9.93. The van der Waals surface area contributed by atoms with Crippen LogP contribution < -0.4 is 10.6 Å². The van der Waals surface area contributed by atoms with E-state index >= 15 is 0 Å². The molecule has 0 aromatic heterocycles. The quantitative estimate of drug-likeness (QED) is 0.849. The van der Waals surface area contributed by atoms with E-state index in [9.17, 15) is 4.79 Å². The molecular weight excluding hydrogens is 276 g/mol. The number of amides is 1. The first-order valence-electron chi connectivity index (χ1n) is 8.27. The van der Waals surface area contributed by atoms with E-state index in [-0.39, 0.29) is 11.9 Å². The van der Waals surface area contributed by atoms with Gasteiger partial charge in [0.1, 0.15) is 0 Å². The first-order valence-corrected chi connectivity index (χ1v) is 8.27. The molecule has 1 saturated heterocycles. The molecule has 1 aliphatic heterocycles. The second kappa shape index (κ2) is 8.18. The third-order valence-electron chi connectivity index (χ3n) is 4.14. The van der Waals surface area contributed by atoms with E-state index in [4.69, 9.17) is 4.74 Å². The summed E-state index contributed by atoms with van der Waals surface area (Å²) in [5.74, 6) is 0.747. The predicted octanol–water partition coefficient (Wildman–Crippen LogP) is 2.98. The van der Waals surface area contributed by atoms with Crippen molar-refractivity contribution in [2.75, 3.05) is 18.5 Å². The maximum atomic E-state index is 11.8. The number of anilines is 1. The molecule has 1 atom stereocenters. The van der Waals surface area contributed by atoms with E-state index in [1.807, 2.05) is 26.0 Å². The van der Waals surface area contributed by atoms with E-state index in [0.29, 0.717) is 18.4 Å². The second-order valence-corrected chi connectivity index (χ2v) is 6.48. The molecule has 1 heterocycles. The van der Waals surface area contributed by atoms with Crippen LogP contribution in [0.15, 0.2) is 24.3 Å². The number of ether oxygens (including phenoxy) is 1. The van der Waals surface area contributed by atoms with Gasteiger partial charge in [-0.3, -0.25) is 4.79 Å². The Kier molecular flexibility index (Phi) is 6.25. The van der Waals surface area contributed by atoms with Gasteiger partial charge in [-0.1, -0.05) is 12.1 Å². The monoisotopic (exact) mass is 304 g/mol. The zero-order valence-corrected chi connectivity index (χ0v) is 13.9. The lowest BCUT2D eigenvalue weighted by molar-refractivity contribution is -0.120. The molecule has 0 radical (unpaired) electrons. The molecule has 0 bridgehead atoms. The van der Waals surface area contributed by atoms with Gasteiger partial charge in [0.25, 0.3) is 0 Å². The van der Waals surface area contributed by atoms with Gasteiger partial charge in [-0.25, -0.2) is 0 Å². The van der Waals surface area contributed by atoms with Crippen LogP contribution in [0.5, 0.6) is 0 Å².